The lowest BCUT2D eigenvalue weighted by Gasteiger charge is -2.34. The molecular formula is C25H31NO3. The van der Waals surface area contributed by atoms with Crippen LogP contribution in [0.5, 0.6) is 5.75 Å². The Labute approximate surface area is 174 Å². The lowest BCUT2D eigenvalue weighted by atomic mass is 9.92. The smallest absolute Gasteiger partial charge is 0.157 e. The van der Waals surface area contributed by atoms with E-state index in [1.54, 1.807) is 14.2 Å². The van der Waals surface area contributed by atoms with Crippen molar-refractivity contribution in [2.45, 2.75) is 32.5 Å². The molecule has 2 aromatic carbocycles. The summed E-state index contributed by atoms with van der Waals surface area (Å²) in [7, 11) is 3.44. The Morgan fingerprint density at radius 3 is 2.45 bits per heavy atom. The van der Waals surface area contributed by atoms with Crippen LogP contribution in [0.3, 0.4) is 0 Å². The number of nitrogens with zero attached hydrogens (tertiary/aromatic N) is 1. The minimum atomic E-state index is -0.0785. The third-order valence-corrected chi connectivity index (χ3v) is 6.16. The van der Waals surface area contributed by atoms with Gasteiger partial charge in [-0.2, -0.15) is 0 Å². The Kier molecular flexibility index (Phi) is 6.22. The molecule has 154 valence electrons. The fourth-order valence-corrected chi connectivity index (χ4v) is 4.41. The first-order valence-electron chi connectivity index (χ1n) is 10.5. The minimum absolute atomic E-state index is 0.0785. The Morgan fingerprint density at radius 2 is 1.76 bits per heavy atom. The van der Waals surface area contributed by atoms with Gasteiger partial charge in [-0.05, 0) is 66.7 Å². The number of hydrogen-bond acceptors (Lipinski definition) is 4. The molecule has 0 amide bonds. The Bertz CT molecular complexity index is 847. The maximum absolute atomic E-state index is 5.83. The van der Waals surface area contributed by atoms with Crippen LogP contribution in [0, 0.1) is 12.8 Å². The van der Waals surface area contributed by atoms with Crippen molar-refractivity contribution in [3.05, 3.63) is 65.2 Å². The van der Waals surface area contributed by atoms with E-state index in [0.29, 0.717) is 12.5 Å². The SMILES string of the molecule is COC(CC1CCN(c2ccc(C3=CCOc4cc(C)ccc43)cc2)CC1)OC. The molecule has 0 aromatic heterocycles. The van der Waals surface area contributed by atoms with E-state index < -0.39 is 0 Å². The lowest BCUT2D eigenvalue weighted by Crippen LogP contribution is -2.35. The summed E-state index contributed by atoms with van der Waals surface area (Å²) in [6.07, 6.45) is 5.44. The van der Waals surface area contributed by atoms with Crippen LogP contribution in [0.25, 0.3) is 5.57 Å². The normalized spacial score (nSPS) is 17.1. The Morgan fingerprint density at radius 1 is 1.03 bits per heavy atom. The number of hydrogen-bond donors (Lipinski definition) is 0. The molecule has 0 saturated carbocycles. The van der Waals surface area contributed by atoms with Crippen LogP contribution in [0.15, 0.2) is 48.5 Å². The van der Waals surface area contributed by atoms with Gasteiger partial charge in [0, 0.05) is 45.0 Å². The van der Waals surface area contributed by atoms with Gasteiger partial charge in [-0.1, -0.05) is 24.3 Å². The molecule has 1 fully saturated rings. The number of aryl methyl sites for hydroxylation is 1. The van der Waals surface area contributed by atoms with Gasteiger partial charge in [0.15, 0.2) is 6.29 Å². The molecule has 1 saturated heterocycles. The molecule has 4 rings (SSSR count). The standard InChI is InChI=1S/C25H31NO3/c1-18-4-9-23-22(12-15-29-24(23)16-18)20-5-7-21(8-6-20)26-13-10-19(11-14-26)17-25(27-2)28-3/h4-9,12,16,19,25H,10-11,13-15,17H2,1-3H3. The molecule has 0 unspecified atom stereocenters. The van der Waals surface area contributed by atoms with Crippen LogP contribution in [-0.2, 0) is 9.47 Å². The largest absolute Gasteiger partial charge is 0.489 e. The number of rotatable bonds is 6. The molecule has 29 heavy (non-hydrogen) atoms. The molecule has 2 aliphatic rings. The number of benzene rings is 2. The second-order valence-corrected chi connectivity index (χ2v) is 8.04. The van der Waals surface area contributed by atoms with Crippen LogP contribution in [-0.4, -0.2) is 40.2 Å². The Hall–Kier alpha value is -2.30. The monoisotopic (exact) mass is 393 g/mol. The highest BCUT2D eigenvalue weighted by atomic mass is 16.7. The van der Waals surface area contributed by atoms with Gasteiger partial charge in [0.2, 0.25) is 0 Å². The van der Waals surface area contributed by atoms with E-state index in [2.05, 4.69) is 60.4 Å². The fourth-order valence-electron chi connectivity index (χ4n) is 4.41. The number of fused-ring (bicyclic) bond motifs is 1. The minimum Gasteiger partial charge on any atom is -0.489 e. The second-order valence-electron chi connectivity index (χ2n) is 8.04. The Balaban J connectivity index is 1.41. The van der Waals surface area contributed by atoms with Gasteiger partial charge in [0.25, 0.3) is 0 Å². The van der Waals surface area contributed by atoms with Crippen molar-refractivity contribution >= 4 is 11.3 Å². The molecule has 0 aliphatic carbocycles. The van der Waals surface area contributed by atoms with Gasteiger partial charge in [-0.15, -0.1) is 0 Å². The van der Waals surface area contributed by atoms with E-state index in [-0.39, 0.29) is 6.29 Å². The van der Waals surface area contributed by atoms with E-state index in [1.807, 2.05) is 0 Å². The first-order chi connectivity index (χ1) is 14.2. The van der Waals surface area contributed by atoms with Gasteiger partial charge >= 0.3 is 0 Å². The zero-order chi connectivity index (χ0) is 20.2. The number of ether oxygens (including phenoxy) is 3. The average molecular weight is 394 g/mol. The predicted molar refractivity (Wildman–Crippen MR) is 118 cm³/mol. The van der Waals surface area contributed by atoms with Crippen LogP contribution >= 0.6 is 0 Å². The molecule has 0 N–H and O–H groups in total. The third kappa shape index (κ3) is 4.49. The summed E-state index contributed by atoms with van der Waals surface area (Å²) < 4.78 is 16.6. The van der Waals surface area contributed by atoms with Crippen molar-refractivity contribution in [2.75, 3.05) is 38.8 Å². The number of anilines is 1. The number of methoxy groups -OCH3 is 2. The third-order valence-electron chi connectivity index (χ3n) is 6.16. The summed E-state index contributed by atoms with van der Waals surface area (Å²) >= 11 is 0. The highest BCUT2D eigenvalue weighted by Gasteiger charge is 2.23. The van der Waals surface area contributed by atoms with Crippen LogP contribution in [0.1, 0.15) is 36.0 Å². The maximum atomic E-state index is 5.83. The molecule has 0 atom stereocenters. The molecule has 0 radical (unpaired) electrons. The molecule has 4 nitrogen and oxygen atoms in total. The van der Waals surface area contributed by atoms with Crippen molar-refractivity contribution in [1.29, 1.82) is 0 Å². The lowest BCUT2D eigenvalue weighted by molar-refractivity contribution is -0.115. The fraction of sp³-hybridized carbons (Fsp3) is 0.440. The molecule has 4 heteroatoms. The van der Waals surface area contributed by atoms with E-state index in [1.165, 1.54) is 40.8 Å². The van der Waals surface area contributed by atoms with Crippen LogP contribution < -0.4 is 9.64 Å². The average Bonchev–Trinajstić information content (AvgIpc) is 2.77. The van der Waals surface area contributed by atoms with Gasteiger partial charge < -0.3 is 19.1 Å². The van der Waals surface area contributed by atoms with Crippen molar-refractivity contribution < 1.29 is 14.2 Å². The first-order valence-corrected chi connectivity index (χ1v) is 10.5. The molecule has 2 aromatic rings. The zero-order valence-electron chi connectivity index (χ0n) is 17.7. The van der Waals surface area contributed by atoms with Gasteiger partial charge in [-0.25, -0.2) is 0 Å². The summed E-state index contributed by atoms with van der Waals surface area (Å²) in [5, 5.41) is 0. The topological polar surface area (TPSA) is 30.9 Å². The van der Waals surface area contributed by atoms with Gasteiger partial charge in [0.05, 0.1) is 0 Å². The van der Waals surface area contributed by atoms with Crippen LogP contribution in [0.4, 0.5) is 5.69 Å². The second kappa shape index (κ2) is 9.02. The molecular weight excluding hydrogens is 362 g/mol. The summed E-state index contributed by atoms with van der Waals surface area (Å²) in [4.78, 5) is 2.49. The first kappa shape index (κ1) is 20.0. The van der Waals surface area contributed by atoms with Crippen molar-refractivity contribution in [2.24, 2.45) is 5.92 Å². The molecule has 0 bridgehead atoms. The summed E-state index contributed by atoms with van der Waals surface area (Å²) in [6.45, 7) is 4.90. The zero-order valence-corrected chi connectivity index (χ0v) is 17.7. The summed E-state index contributed by atoms with van der Waals surface area (Å²) in [5.41, 5.74) is 6.23. The highest BCUT2D eigenvalue weighted by molar-refractivity contribution is 5.84. The van der Waals surface area contributed by atoms with Crippen LogP contribution in [0.2, 0.25) is 0 Å². The molecule has 2 heterocycles. The van der Waals surface area contributed by atoms with Crippen molar-refractivity contribution in [1.82, 2.24) is 0 Å². The van der Waals surface area contributed by atoms with Crippen molar-refractivity contribution in [3.8, 4) is 5.75 Å². The number of piperidine rings is 1. The van der Waals surface area contributed by atoms with Crippen molar-refractivity contribution in [3.63, 3.8) is 0 Å². The van der Waals surface area contributed by atoms with E-state index in [4.69, 9.17) is 14.2 Å². The van der Waals surface area contributed by atoms with E-state index in [9.17, 15) is 0 Å². The summed E-state index contributed by atoms with van der Waals surface area (Å²) in [6, 6.07) is 15.4. The van der Waals surface area contributed by atoms with E-state index >= 15 is 0 Å². The predicted octanol–water partition coefficient (Wildman–Crippen LogP) is 5.04. The maximum Gasteiger partial charge on any atom is 0.157 e. The molecule has 2 aliphatic heterocycles. The summed E-state index contributed by atoms with van der Waals surface area (Å²) in [5.74, 6) is 1.65. The molecule has 0 spiro atoms. The van der Waals surface area contributed by atoms with Gasteiger partial charge in [-0.3, -0.25) is 0 Å². The quantitative estimate of drug-likeness (QED) is 0.643. The van der Waals surface area contributed by atoms with E-state index in [0.717, 1.165) is 25.3 Å². The highest BCUT2D eigenvalue weighted by Crippen LogP contribution is 2.36. The van der Waals surface area contributed by atoms with Gasteiger partial charge in [0.1, 0.15) is 12.4 Å².